The standard InChI is InChI=1S/C8H9BrN4O3/c1-4-11-2-5(9)7(15)13(4)3-6(14)12-8(10)16/h2H,3H2,1H3,(H3,10,12,14,16). The summed E-state index contributed by atoms with van der Waals surface area (Å²) < 4.78 is 1.37. The average molecular weight is 289 g/mol. The lowest BCUT2D eigenvalue weighted by molar-refractivity contribution is -0.120. The van der Waals surface area contributed by atoms with E-state index < -0.39 is 17.5 Å². The fourth-order valence-corrected chi connectivity index (χ4v) is 1.37. The Balaban J connectivity index is 2.97. The van der Waals surface area contributed by atoms with Gasteiger partial charge >= 0.3 is 6.03 Å². The second-order valence-electron chi connectivity index (χ2n) is 2.96. The van der Waals surface area contributed by atoms with Gasteiger partial charge in [-0.2, -0.15) is 0 Å². The van der Waals surface area contributed by atoms with Gasteiger partial charge in [-0.3, -0.25) is 19.5 Å². The second kappa shape index (κ2) is 4.88. The molecule has 3 amide bonds. The normalized spacial score (nSPS) is 9.88. The predicted octanol–water partition coefficient (Wildman–Crippen LogP) is -0.491. The minimum Gasteiger partial charge on any atom is -0.351 e. The number of carbonyl (C=O) groups is 2. The lowest BCUT2D eigenvalue weighted by atomic mass is 10.5. The van der Waals surface area contributed by atoms with Gasteiger partial charge in [0.15, 0.2) is 0 Å². The van der Waals surface area contributed by atoms with E-state index in [0.29, 0.717) is 5.82 Å². The van der Waals surface area contributed by atoms with Crippen molar-refractivity contribution < 1.29 is 9.59 Å². The van der Waals surface area contributed by atoms with E-state index in [1.165, 1.54) is 6.20 Å². The van der Waals surface area contributed by atoms with Crippen molar-refractivity contribution in [3.8, 4) is 0 Å². The van der Waals surface area contributed by atoms with Crippen molar-refractivity contribution in [2.45, 2.75) is 13.5 Å². The van der Waals surface area contributed by atoms with Crippen LogP contribution in [0.15, 0.2) is 15.5 Å². The number of imide groups is 1. The molecule has 0 radical (unpaired) electrons. The first-order valence-electron chi connectivity index (χ1n) is 4.23. The van der Waals surface area contributed by atoms with Crippen molar-refractivity contribution in [2.75, 3.05) is 0 Å². The number of urea groups is 1. The fraction of sp³-hybridized carbons (Fsp3) is 0.250. The molecule has 3 N–H and O–H groups in total. The summed E-state index contributed by atoms with van der Waals surface area (Å²) >= 11 is 3.00. The second-order valence-corrected chi connectivity index (χ2v) is 3.81. The Morgan fingerprint density at radius 3 is 2.81 bits per heavy atom. The molecule has 1 rings (SSSR count). The minimum atomic E-state index is -0.960. The lowest BCUT2D eigenvalue weighted by Crippen LogP contribution is -2.39. The summed E-state index contributed by atoms with van der Waals surface area (Å²) in [7, 11) is 0. The highest BCUT2D eigenvalue weighted by atomic mass is 79.9. The third kappa shape index (κ3) is 2.89. The van der Waals surface area contributed by atoms with Crippen molar-refractivity contribution in [3.05, 3.63) is 26.8 Å². The molecule has 0 atom stereocenters. The van der Waals surface area contributed by atoms with Gasteiger partial charge in [-0.1, -0.05) is 0 Å². The van der Waals surface area contributed by atoms with Gasteiger partial charge in [0.1, 0.15) is 16.8 Å². The SMILES string of the molecule is Cc1ncc(Br)c(=O)n1CC(=O)NC(N)=O. The molecular formula is C8H9BrN4O3. The van der Waals surface area contributed by atoms with Crippen molar-refractivity contribution in [1.29, 1.82) is 0 Å². The van der Waals surface area contributed by atoms with E-state index in [9.17, 15) is 14.4 Å². The number of hydrogen-bond acceptors (Lipinski definition) is 4. The Labute approximate surface area is 98.8 Å². The van der Waals surface area contributed by atoms with E-state index in [4.69, 9.17) is 5.73 Å². The Hall–Kier alpha value is -1.70. The molecule has 16 heavy (non-hydrogen) atoms. The molecule has 1 aromatic heterocycles. The zero-order chi connectivity index (χ0) is 12.3. The number of rotatable bonds is 2. The molecule has 0 saturated carbocycles. The summed E-state index contributed by atoms with van der Waals surface area (Å²) in [4.78, 5) is 37.1. The number of aryl methyl sites for hydroxylation is 1. The highest BCUT2D eigenvalue weighted by molar-refractivity contribution is 9.10. The van der Waals surface area contributed by atoms with Crippen LogP contribution in [0.1, 0.15) is 5.82 Å². The number of primary amides is 1. The van der Waals surface area contributed by atoms with Crippen LogP contribution < -0.4 is 16.6 Å². The molecule has 86 valence electrons. The molecule has 0 saturated heterocycles. The first-order valence-corrected chi connectivity index (χ1v) is 5.02. The summed E-state index contributed by atoms with van der Waals surface area (Å²) in [5.41, 5.74) is 4.37. The first-order chi connectivity index (χ1) is 7.41. The van der Waals surface area contributed by atoms with Crippen LogP contribution in [0.4, 0.5) is 4.79 Å². The minimum absolute atomic E-state index is 0.241. The monoisotopic (exact) mass is 288 g/mol. The maximum Gasteiger partial charge on any atom is 0.318 e. The molecule has 7 nitrogen and oxygen atoms in total. The number of nitrogens with two attached hydrogens (primary N) is 1. The molecule has 0 aliphatic rings. The quantitative estimate of drug-likeness (QED) is 0.765. The number of amides is 3. The molecule has 0 aliphatic heterocycles. The predicted molar refractivity (Wildman–Crippen MR) is 58.7 cm³/mol. The van der Waals surface area contributed by atoms with Gasteiger partial charge in [-0.15, -0.1) is 0 Å². The zero-order valence-corrected chi connectivity index (χ0v) is 9.94. The molecule has 8 heteroatoms. The maximum atomic E-state index is 11.6. The van der Waals surface area contributed by atoms with Crippen LogP contribution in [0.2, 0.25) is 0 Å². The Bertz CT molecular complexity index is 497. The van der Waals surface area contributed by atoms with Gasteiger partial charge in [0, 0.05) is 6.20 Å². The van der Waals surface area contributed by atoms with Crippen molar-refractivity contribution in [1.82, 2.24) is 14.9 Å². The van der Waals surface area contributed by atoms with Gasteiger partial charge in [0.05, 0.1) is 0 Å². The third-order valence-electron chi connectivity index (χ3n) is 1.77. The third-order valence-corrected chi connectivity index (χ3v) is 2.31. The van der Waals surface area contributed by atoms with Gasteiger partial charge < -0.3 is 5.73 Å². The Morgan fingerprint density at radius 2 is 2.25 bits per heavy atom. The van der Waals surface area contributed by atoms with Crippen LogP contribution in [-0.4, -0.2) is 21.5 Å². The average Bonchev–Trinajstić information content (AvgIpc) is 2.17. The zero-order valence-electron chi connectivity index (χ0n) is 8.36. The molecule has 1 aromatic rings. The summed E-state index contributed by atoms with van der Waals surface area (Å²) in [6.45, 7) is 1.27. The maximum absolute atomic E-state index is 11.6. The van der Waals surface area contributed by atoms with Crippen molar-refractivity contribution in [3.63, 3.8) is 0 Å². The van der Waals surface area contributed by atoms with Crippen LogP contribution >= 0.6 is 15.9 Å². The number of aromatic nitrogens is 2. The lowest BCUT2D eigenvalue weighted by Gasteiger charge is -2.08. The molecular weight excluding hydrogens is 280 g/mol. The van der Waals surface area contributed by atoms with Crippen LogP contribution in [0.5, 0.6) is 0 Å². The van der Waals surface area contributed by atoms with Gasteiger partial charge in [0.2, 0.25) is 5.91 Å². The number of nitrogens with one attached hydrogen (secondary N) is 1. The number of nitrogens with zero attached hydrogens (tertiary/aromatic N) is 2. The first kappa shape index (κ1) is 12.4. The smallest absolute Gasteiger partial charge is 0.318 e. The van der Waals surface area contributed by atoms with Crippen LogP contribution in [-0.2, 0) is 11.3 Å². The van der Waals surface area contributed by atoms with E-state index in [1.807, 2.05) is 5.32 Å². The largest absolute Gasteiger partial charge is 0.351 e. The number of hydrogen-bond donors (Lipinski definition) is 2. The summed E-state index contributed by atoms with van der Waals surface area (Å²) in [5.74, 6) is -0.301. The molecule has 0 fully saturated rings. The van der Waals surface area contributed by atoms with Crippen LogP contribution in [0.25, 0.3) is 0 Å². The molecule has 1 heterocycles. The van der Waals surface area contributed by atoms with E-state index in [0.717, 1.165) is 4.57 Å². The number of halogens is 1. The fourth-order valence-electron chi connectivity index (χ4n) is 1.06. The van der Waals surface area contributed by atoms with Crippen molar-refractivity contribution in [2.24, 2.45) is 5.73 Å². The highest BCUT2D eigenvalue weighted by Gasteiger charge is 2.10. The van der Waals surface area contributed by atoms with Crippen LogP contribution in [0.3, 0.4) is 0 Å². The highest BCUT2D eigenvalue weighted by Crippen LogP contribution is 2.01. The molecule has 0 spiro atoms. The van der Waals surface area contributed by atoms with Crippen molar-refractivity contribution >= 4 is 27.9 Å². The van der Waals surface area contributed by atoms with Gasteiger partial charge in [-0.05, 0) is 22.9 Å². The molecule has 0 bridgehead atoms. The molecule has 0 unspecified atom stereocenters. The van der Waals surface area contributed by atoms with E-state index >= 15 is 0 Å². The van der Waals surface area contributed by atoms with Gasteiger partial charge in [-0.25, -0.2) is 9.78 Å². The van der Waals surface area contributed by atoms with E-state index in [2.05, 4.69) is 20.9 Å². The summed E-state index contributed by atoms with van der Waals surface area (Å²) in [5, 5.41) is 1.86. The van der Waals surface area contributed by atoms with Gasteiger partial charge in [0.25, 0.3) is 5.56 Å². The summed E-state index contributed by atoms with van der Waals surface area (Å²) in [6, 6.07) is -0.960. The topological polar surface area (TPSA) is 107 Å². The Kier molecular flexibility index (Phi) is 3.78. The molecule has 0 aromatic carbocycles. The van der Waals surface area contributed by atoms with Crippen LogP contribution in [0, 0.1) is 6.92 Å². The van der Waals surface area contributed by atoms with E-state index in [-0.39, 0.29) is 11.0 Å². The number of carbonyl (C=O) groups excluding carboxylic acids is 2. The Morgan fingerprint density at radius 1 is 1.62 bits per heavy atom. The summed E-state index contributed by atoms with van der Waals surface area (Å²) in [6.07, 6.45) is 1.35. The van der Waals surface area contributed by atoms with E-state index in [1.54, 1.807) is 6.92 Å². The molecule has 0 aliphatic carbocycles.